The van der Waals surface area contributed by atoms with Gasteiger partial charge in [0.05, 0.1) is 13.2 Å². The van der Waals surface area contributed by atoms with Gasteiger partial charge in [0, 0.05) is 35.0 Å². The number of benzene rings is 2. The van der Waals surface area contributed by atoms with Gasteiger partial charge in [0.1, 0.15) is 29.8 Å². The Kier molecular flexibility index (Phi) is 10.1. The number of nitrogens with zero attached hydrogens (tertiary/aromatic N) is 1. The van der Waals surface area contributed by atoms with Crippen molar-refractivity contribution >= 4 is 40.5 Å². The highest BCUT2D eigenvalue weighted by Crippen LogP contribution is 2.39. The van der Waals surface area contributed by atoms with Crippen molar-refractivity contribution in [1.82, 2.24) is 15.2 Å². The van der Waals surface area contributed by atoms with Crippen LogP contribution in [0.4, 0.5) is 14.9 Å². The van der Waals surface area contributed by atoms with Gasteiger partial charge in [-0.1, -0.05) is 12.1 Å². The number of likely N-dealkylation sites (tertiary alicyclic amines) is 1. The van der Waals surface area contributed by atoms with Crippen molar-refractivity contribution in [3.05, 3.63) is 59.8 Å². The smallest absolute Gasteiger partial charge is 0.407 e. The van der Waals surface area contributed by atoms with E-state index in [2.05, 4.69) is 15.6 Å². The number of nitrogens with one attached hydrogen (secondary N) is 3. The summed E-state index contributed by atoms with van der Waals surface area (Å²) in [4.78, 5) is 56.3. The molecule has 12 heteroatoms. The summed E-state index contributed by atoms with van der Waals surface area (Å²) in [7, 11) is 1.58. The first-order chi connectivity index (χ1) is 22.4. The monoisotopic (exact) mass is 650 g/mol. The number of aromatic carboxylic acids is 1. The van der Waals surface area contributed by atoms with Gasteiger partial charge in [0.2, 0.25) is 11.8 Å². The van der Waals surface area contributed by atoms with E-state index in [0.29, 0.717) is 61.0 Å². The van der Waals surface area contributed by atoms with E-state index in [1.54, 1.807) is 51.0 Å². The number of H-pyrrole nitrogens is 1. The topological polar surface area (TPSA) is 150 Å². The molecule has 5 rings (SSSR count). The summed E-state index contributed by atoms with van der Waals surface area (Å²) in [5.74, 6) is -1.56. The quantitative estimate of drug-likeness (QED) is 0.226. The number of hydrogen-bond donors (Lipinski definition) is 4. The van der Waals surface area contributed by atoms with Gasteiger partial charge in [-0.2, -0.15) is 0 Å². The molecule has 2 heterocycles. The fourth-order valence-corrected chi connectivity index (χ4v) is 6.85. The zero-order valence-electron chi connectivity index (χ0n) is 27.2. The van der Waals surface area contributed by atoms with Gasteiger partial charge in [-0.15, -0.1) is 0 Å². The highest BCUT2D eigenvalue weighted by atomic mass is 19.1. The molecule has 1 saturated heterocycles. The van der Waals surface area contributed by atoms with Crippen LogP contribution in [0, 0.1) is 11.8 Å². The first-order valence-electron chi connectivity index (χ1n) is 16.0. The minimum absolute atomic E-state index is 0.0452. The number of methoxy groups -OCH3 is 1. The molecule has 1 aliphatic carbocycles. The number of halogens is 1. The van der Waals surface area contributed by atoms with Crippen LogP contribution in [0.5, 0.6) is 5.75 Å². The molecule has 2 aliphatic rings. The van der Waals surface area contributed by atoms with Crippen LogP contribution in [-0.4, -0.2) is 76.9 Å². The third-order valence-corrected chi connectivity index (χ3v) is 9.17. The lowest BCUT2D eigenvalue weighted by Gasteiger charge is -2.36. The van der Waals surface area contributed by atoms with E-state index in [1.165, 1.54) is 6.07 Å². The molecule has 1 aliphatic heterocycles. The van der Waals surface area contributed by atoms with Gasteiger partial charge < -0.3 is 35.1 Å². The normalized spacial score (nSPS) is 22.0. The Labute approximate surface area is 273 Å². The lowest BCUT2D eigenvalue weighted by molar-refractivity contribution is -0.141. The molecular formula is C35H43FN4O7. The molecule has 1 saturated carbocycles. The van der Waals surface area contributed by atoms with Crippen LogP contribution in [-0.2, 0) is 14.3 Å². The Morgan fingerprint density at radius 2 is 1.72 bits per heavy atom. The fourth-order valence-electron chi connectivity index (χ4n) is 6.85. The number of rotatable bonds is 9. The van der Waals surface area contributed by atoms with Crippen LogP contribution in [0.25, 0.3) is 10.9 Å². The maximum absolute atomic E-state index is 14.1. The number of carboxylic acid groups (broad SMARTS) is 1. The van der Waals surface area contributed by atoms with Gasteiger partial charge in [0.15, 0.2) is 0 Å². The summed E-state index contributed by atoms with van der Waals surface area (Å²) in [6.45, 7) is 4.91. The molecule has 0 spiro atoms. The first kappa shape index (κ1) is 33.7. The van der Waals surface area contributed by atoms with Crippen molar-refractivity contribution in [2.75, 3.05) is 25.6 Å². The maximum Gasteiger partial charge on any atom is 0.407 e. The third-order valence-electron chi connectivity index (χ3n) is 9.17. The lowest BCUT2D eigenvalue weighted by atomic mass is 9.78. The van der Waals surface area contributed by atoms with Crippen molar-refractivity contribution in [2.45, 2.75) is 76.5 Å². The maximum atomic E-state index is 14.1. The molecule has 4 N–H and O–H groups in total. The van der Waals surface area contributed by atoms with Crippen molar-refractivity contribution in [3.8, 4) is 5.75 Å². The van der Waals surface area contributed by atoms with Gasteiger partial charge in [-0.3, -0.25) is 9.59 Å². The predicted molar refractivity (Wildman–Crippen MR) is 174 cm³/mol. The number of carbonyl (C=O) groups excluding carboxylic acids is 3. The highest BCUT2D eigenvalue weighted by molar-refractivity contribution is 6.01. The molecule has 3 atom stereocenters. The molecule has 2 fully saturated rings. The number of carboxylic acids is 1. The summed E-state index contributed by atoms with van der Waals surface area (Å²) >= 11 is 0. The number of ether oxygens (including phenoxy) is 2. The molecule has 3 aromatic rings. The van der Waals surface area contributed by atoms with Crippen molar-refractivity contribution < 1.29 is 38.1 Å². The van der Waals surface area contributed by atoms with Crippen LogP contribution in [0.2, 0.25) is 0 Å². The molecule has 2 aromatic carbocycles. The van der Waals surface area contributed by atoms with E-state index in [0.717, 1.165) is 5.56 Å². The van der Waals surface area contributed by atoms with E-state index >= 15 is 0 Å². The molecule has 0 bridgehead atoms. The molecule has 0 radical (unpaired) electrons. The fraction of sp³-hybridized carbons (Fsp3) is 0.486. The number of aromatic nitrogens is 1. The lowest BCUT2D eigenvalue weighted by Crippen LogP contribution is -2.49. The Morgan fingerprint density at radius 3 is 2.34 bits per heavy atom. The van der Waals surface area contributed by atoms with Crippen molar-refractivity contribution in [1.29, 1.82) is 0 Å². The van der Waals surface area contributed by atoms with Crippen LogP contribution in [0.1, 0.15) is 74.8 Å². The van der Waals surface area contributed by atoms with E-state index in [-0.39, 0.29) is 35.3 Å². The minimum atomic E-state index is -1.08. The first-order valence-corrected chi connectivity index (χ1v) is 16.0. The summed E-state index contributed by atoms with van der Waals surface area (Å²) in [6.07, 6.45) is 2.08. The molecular weight excluding hydrogens is 607 g/mol. The Morgan fingerprint density at radius 1 is 1.02 bits per heavy atom. The largest absolute Gasteiger partial charge is 0.497 e. The number of carbonyl (C=O) groups is 4. The molecule has 47 heavy (non-hydrogen) atoms. The summed E-state index contributed by atoms with van der Waals surface area (Å²) in [5, 5.41) is 15.6. The van der Waals surface area contributed by atoms with E-state index in [4.69, 9.17) is 9.47 Å². The number of alkyl halides is 1. The second kappa shape index (κ2) is 14.0. The van der Waals surface area contributed by atoms with Gasteiger partial charge in [-0.25, -0.2) is 14.0 Å². The van der Waals surface area contributed by atoms with Gasteiger partial charge in [-0.05, 0) is 101 Å². The van der Waals surface area contributed by atoms with E-state index < -0.39 is 36.4 Å². The number of fused-ring (bicyclic) bond motifs is 1. The average Bonchev–Trinajstić information content (AvgIpc) is 3.68. The van der Waals surface area contributed by atoms with Crippen LogP contribution in [0.15, 0.2) is 48.5 Å². The molecule has 11 nitrogen and oxygen atoms in total. The summed E-state index contributed by atoms with van der Waals surface area (Å²) in [5.41, 5.74) is 1.37. The second-order valence-electron chi connectivity index (χ2n) is 13.4. The number of alkyl carbamates (subject to hydrolysis) is 1. The average molecular weight is 651 g/mol. The van der Waals surface area contributed by atoms with E-state index in [9.17, 15) is 28.7 Å². The molecule has 3 amide bonds. The molecule has 1 aromatic heterocycles. The third kappa shape index (κ3) is 7.86. The molecule has 252 valence electrons. The molecule has 0 unspecified atom stereocenters. The SMILES string of the molecule is COc1ccc([C@H]2CCN(C(=O)C3CCC([C@@H](CF)NC(=O)OC(C)(C)C)CC3)[C@@H]2C(=O)Nc2ccc3[nH]c(C(=O)O)cc3c2)cc1. The van der Waals surface area contributed by atoms with Crippen molar-refractivity contribution in [3.63, 3.8) is 0 Å². The zero-order valence-corrected chi connectivity index (χ0v) is 27.2. The second-order valence-corrected chi connectivity index (χ2v) is 13.4. The number of amides is 3. The minimum Gasteiger partial charge on any atom is -0.497 e. The number of anilines is 1. The van der Waals surface area contributed by atoms with Crippen molar-refractivity contribution in [2.24, 2.45) is 11.8 Å². The van der Waals surface area contributed by atoms with Crippen LogP contribution in [0.3, 0.4) is 0 Å². The zero-order chi connectivity index (χ0) is 33.9. The standard InChI is InChI=1S/C35H43FN4O7/c1-35(2,3)47-34(45)39-29(19-36)21-5-7-22(8-6-21)32(42)40-16-15-26(20-9-12-25(46-4)13-10-20)30(40)31(41)37-24-11-14-27-23(17-24)18-28(38-27)33(43)44/h9-14,17-18,21-22,26,29-30,38H,5-8,15-16,19H2,1-4H3,(H,37,41)(H,39,45)(H,43,44)/t21?,22?,26-,29-,30+/m1/s1. The highest BCUT2D eigenvalue weighted by Gasteiger charge is 2.45. The summed E-state index contributed by atoms with van der Waals surface area (Å²) in [6, 6.07) is 12.6. The van der Waals surface area contributed by atoms with E-state index in [1.807, 2.05) is 24.3 Å². The number of hydrogen-bond acceptors (Lipinski definition) is 6. The van der Waals surface area contributed by atoms with Crippen LogP contribution >= 0.6 is 0 Å². The Balaban J connectivity index is 1.31. The van der Waals surface area contributed by atoms with Crippen LogP contribution < -0.4 is 15.4 Å². The van der Waals surface area contributed by atoms with Gasteiger partial charge in [0.25, 0.3) is 0 Å². The summed E-state index contributed by atoms with van der Waals surface area (Å²) < 4.78 is 24.6. The Bertz CT molecular complexity index is 1610. The Hall–Kier alpha value is -4.61. The van der Waals surface area contributed by atoms with Gasteiger partial charge >= 0.3 is 12.1 Å². The number of aromatic amines is 1. The predicted octanol–water partition coefficient (Wildman–Crippen LogP) is 5.87.